The molecule has 2 heterocycles. The van der Waals surface area contributed by atoms with Crippen LogP contribution in [0.1, 0.15) is 129 Å². The second-order valence-corrected chi connectivity index (χ2v) is 16.2. The van der Waals surface area contributed by atoms with Crippen molar-refractivity contribution in [2.75, 3.05) is 26.4 Å². The third-order valence-corrected chi connectivity index (χ3v) is 10.7. The van der Waals surface area contributed by atoms with Gasteiger partial charge in [-0.3, -0.25) is 9.59 Å². The first-order valence-electron chi connectivity index (χ1n) is 23.5. The first-order chi connectivity index (χ1) is 31.0. The normalized spacial score (nSPS) is 27.3. The number of esters is 2. The van der Waals surface area contributed by atoms with Crippen LogP contribution in [-0.2, 0) is 38.0 Å². The third kappa shape index (κ3) is 24.5. The second kappa shape index (κ2) is 36.1. The zero-order valence-electron chi connectivity index (χ0n) is 38.2. The van der Waals surface area contributed by atoms with E-state index in [4.69, 9.17) is 28.4 Å². The molecule has 15 heteroatoms. The van der Waals surface area contributed by atoms with Gasteiger partial charge in [0.1, 0.15) is 55.4 Å². The number of hydrogen-bond donors (Lipinski definition) is 7. The summed E-state index contributed by atoms with van der Waals surface area (Å²) >= 11 is 0. The molecule has 0 bridgehead atoms. The summed E-state index contributed by atoms with van der Waals surface area (Å²) in [5.74, 6) is -1.01. The van der Waals surface area contributed by atoms with Crippen molar-refractivity contribution in [3.8, 4) is 0 Å². The molecule has 7 N–H and O–H groups in total. The predicted octanol–water partition coefficient (Wildman–Crippen LogP) is 5.48. The van der Waals surface area contributed by atoms with Crippen LogP contribution < -0.4 is 0 Å². The molecular weight excluding hydrogens is 829 g/mol. The molecule has 15 nitrogen and oxygen atoms in total. The van der Waals surface area contributed by atoms with Crippen LogP contribution in [0.5, 0.6) is 0 Å². The van der Waals surface area contributed by atoms with E-state index in [1.165, 1.54) is 12.8 Å². The van der Waals surface area contributed by atoms with Crippen molar-refractivity contribution in [2.24, 2.45) is 0 Å². The number of aliphatic hydroxyl groups excluding tert-OH is 7. The number of rotatable bonds is 34. The molecule has 2 aliphatic heterocycles. The number of ether oxygens (including phenoxy) is 6. The van der Waals surface area contributed by atoms with Crippen molar-refractivity contribution < 1.29 is 73.8 Å². The summed E-state index contributed by atoms with van der Waals surface area (Å²) in [4.78, 5) is 25.6. The Labute approximate surface area is 381 Å². The highest BCUT2D eigenvalue weighted by molar-refractivity contribution is 5.70. The molecular formula is C49H80O15. The van der Waals surface area contributed by atoms with Crippen LogP contribution in [0.3, 0.4) is 0 Å². The van der Waals surface area contributed by atoms with Crippen molar-refractivity contribution in [3.05, 3.63) is 72.9 Å². The van der Waals surface area contributed by atoms with Gasteiger partial charge in [-0.1, -0.05) is 119 Å². The van der Waals surface area contributed by atoms with E-state index in [1.54, 1.807) is 0 Å². The summed E-state index contributed by atoms with van der Waals surface area (Å²) in [5.41, 5.74) is 0. The number of unbranched alkanes of at least 4 members (excludes halogenated alkanes) is 8. The second-order valence-electron chi connectivity index (χ2n) is 16.2. The number of aliphatic hydroxyl groups is 7. The summed E-state index contributed by atoms with van der Waals surface area (Å²) in [6, 6.07) is 0. The molecule has 64 heavy (non-hydrogen) atoms. The molecule has 11 atom stereocenters. The fraction of sp³-hybridized carbons (Fsp3) is 0.714. The van der Waals surface area contributed by atoms with E-state index >= 15 is 0 Å². The van der Waals surface area contributed by atoms with Crippen LogP contribution in [0.4, 0.5) is 0 Å². The summed E-state index contributed by atoms with van der Waals surface area (Å²) in [6.07, 6.45) is 23.8. The number of carbonyl (C=O) groups is 2. The van der Waals surface area contributed by atoms with Gasteiger partial charge in [-0.15, -0.1) is 0 Å². The van der Waals surface area contributed by atoms with Gasteiger partial charge in [0.25, 0.3) is 0 Å². The van der Waals surface area contributed by atoms with Crippen LogP contribution in [0.25, 0.3) is 0 Å². The lowest BCUT2D eigenvalue weighted by atomic mass is 9.98. The molecule has 4 unspecified atom stereocenters. The Kier molecular flexibility index (Phi) is 32.2. The van der Waals surface area contributed by atoms with E-state index in [0.717, 1.165) is 70.6 Å². The maximum absolute atomic E-state index is 12.9. The summed E-state index contributed by atoms with van der Waals surface area (Å²) in [5, 5.41) is 71.9. The maximum Gasteiger partial charge on any atom is 0.306 e. The number of allylic oxidation sites excluding steroid dienone is 12. The molecule has 0 saturated carbocycles. The van der Waals surface area contributed by atoms with Crippen molar-refractivity contribution >= 4 is 11.9 Å². The highest BCUT2D eigenvalue weighted by Crippen LogP contribution is 2.26. The van der Waals surface area contributed by atoms with Gasteiger partial charge in [-0.2, -0.15) is 0 Å². The first kappa shape index (κ1) is 57.1. The molecule has 0 amide bonds. The van der Waals surface area contributed by atoms with E-state index in [9.17, 15) is 45.3 Å². The highest BCUT2D eigenvalue weighted by atomic mass is 16.7. The Bertz CT molecular complexity index is 1390. The van der Waals surface area contributed by atoms with Crippen molar-refractivity contribution in [2.45, 2.75) is 197 Å². The largest absolute Gasteiger partial charge is 0.462 e. The van der Waals surface area contributed by atoms with Crippen LogP contribution >= 0.6 is 0 Å². The van der Waals surface area contributed by atoms with Crippen LogP contribution in [0, 0.1) is 0 Å². The first-order valence-corrected chi connectivity index (χ1v) is 23.5. The quantitative estimate of drug-likeness (QED) is 0.0241. The van der Waals surface area contributed by atoms with E-state index in [-0.39, 0.29) is 19.4 Å². The van der Waals surface area contributed by atoms with Gasteiger partial charge in [0.15, 0.2) is 18.7 Å². The van der Waals surface area contributed by atoms with Crippen molar-refractivity contribution in [1.29, 1.82) is 0 Å². The van der Waals surface area contributed by atoms with Gasteiger partial charge in [-0.05, 0) is 70.6 Å². The molecule has 0 aromatic rings. The summed E-state index contributed by atoms with van der Waals surface area (Å²) in [7, 11) is 0. The Morgan fingerprint density at radius 3 is 1.61 bits per heavy atom. The lowest BCUT2D eigenvalue weighted by Crippen LogP contribution is -2.61. The smallest absolute Gasteiger partial charge is 0.306 e. The van der Waals surface area contributed by atoms with Crippen LogP contribution in [0.2, 0.25) is 0 Å². The van der Waals surface area contributed by atoms with E-state index in [2.05, 4.69) is 74.6 Å². The van der Waals surface area contributed by atoms with Crippen LogP contribution in [-0.4, -0.2) is 142 Å². The lowest BCUT2D eigenvalue weighted by molar-refractivity contribution is -0.332. The highest BCUT2D eigenvalue weighted by Gasteiger charge is 2.47. The standard InChI is InChI=1S/C49H80O15/c1-3-5-7-9-11-13-15-16-17-18-19-20-22-23-25-27-29-31-40(51)59-34-37(62-41(52)32-30-28-26-24-21-14-12-10-8-6-4-2)35-60-48-47(58)45(56)43(54)39(64-48)36-61-49-46(57)44(55)42(53)38(33-50)63-49/h5,7,10-13,16-17,19-20,23,25,37-39,42-50,53-58H,3-4,6,8-9,14-15,18,21-22,24,26-36H2,1-2H3/b7-5+,12-10+,13-11+,17-16+,20-19+,25-23+/t37-,38+,39+,42-,43-,44?,45?,46?,47?,48+,49+/m0/s1. The van der Waals surface area contributed by atoms with Gasteiger partial charge < -0.3 is 64.2 Å². The maximum atomic E-state index is 12.9. The molecule has 0 aromatic carbocycles. The van der Waals surface area contributed by atoms with Crippen molar-refractivity contribution in [1.82, 2.24) is 0 Å². The van der Waals surface area contributed by atoms with Gasteiger partial charge in [0.05, 0.1) is 19.8 Å². The number of hydrogen-bond acceptors (Lipinski definition) is 15. The number of carbonyl (C=O) groups excluding carboxylic acids is 2. The van der Waals surface area contributed by atoms with Gasteiger partial charge in [0, 0.05) is 12.8 Å². The molecule has 366 valence electrons. The fourth-order valence-electron chi connectivity index (χ4n) is 6.76. The summed E-state index contributed by atoms with van der Waals surface area (Å²) < 4.78 is 33.4. The molecule has 0 radical (unpaired) electrons. The average molecular weight is 909 g/mol. The van der Waals surface area contributed by atoms with Gasteiger partial charge in [-0.25, -0.2) is 0 Å². The minimum absolute atomic E-state index is 0.134. The Morgan fingerprint density at radius 1 is 0.516 bits per heavy atom. The van der Waals surface area contributed by atoms with E-state index in [1.807, 2.05) is 12.2 Å². The molecule has 0 aliphatic carbocycles. The van der Waals surface area contributed by atoms with Crippen LogP contribution in [0.15, 0.2) is 72.9 Å². The zero-order chi connectivity index (χ0) is 46.8. The molecule has 0 spiro atoms. The molecule has 0 aromatic heterocycles. The van der Waals surface area contributed by atoms with E-state index < -0.39 is 99.3 Å². The molecule has 2 rings (SSSR count). The van der Waals surface area contributed by atoms with Crippen molar-refractivity contribution in [3.63, 3.8) is 0 Å². The molecule has 2 saturated heterocycles. The fourth-order valence-corrected chi connectivity index (χ4v) is 6.76. The predicted molar refractivity (Wildman–Crippen MR) is 242 cm³/mol. The topological polar surface area (TPSA) is 231 Å². The SMILES string of the molecule is CC/C=C/C/C=C/C/C=C/C/C=C/C/C=C/CCCC(=O)OC[C@@H](CO[C@@H]1O[C@H](CO[C@@H]2O[C@H](CO)[C@H](O)C(O)C2O)[C@H](O)C(O)C1O)OC(=O)CCCCCCC/C=C/CCCC. The Morgan fingerprint density at radius 2 is 1.00 bits per heavy atom. The monoisotopic (exact) mass is 909 g/mol. The Hall–Kier alpha value is -3.06. The van der Waals surface area contributed by atoms with E-state index in [0.29, 0.717) is 19.3 Å². The Balaban J connectivity index is 1.87. The zero-order valence-corrected chi connectivity index (χ0v) is 38.2. The average Bonchev–Trinajstić information content (AvgIpc) is 3.29. The minimum atomic E-state index is -1.78. The summed E-state index contributed by atoms with van der Waals surface area (Å²) in [6.45, 7) is 2.33. The lowest BCUT2D eigenvalue weighted by Gasteiger charge is -2.42. The molecule has 2 aliphatic rings. The molecule has 2 fully saturated rings. The third-order valence-electron chi connectivity index (χ3n) is 10.7. The van der Waals surface area contributed by atoms with Gasteiger partial charge >= 0.3 is 11.9 Å². The van der Waals surface area contributed by atoms with Gasteiger partial charge in [0.2, 0.25) is 0 Å². The minimum Gasteiger partial charge on any atom is -0.462 e.